The SMILES string of the molecule is C=Cc1ccc2c(c1)c1cc(C)ccc1n2-c1ccc(Cc2ccc(-n3c4ccc(C)cc4c4cc(C)ccc43)cc2)cc1. The van der Waals surface area contributed by atoms with Crippen LogP contribution >= 0.6 is 0 Å². The lowest BCUT2D eigenvalue weighted by Crippen LogP contribution is -1.96. The molecule has 0 aliphatic rings. The summed E-state index contributed by atoms with van der Waals surface area (Å²) in [5.41, 5.74) is 14.9. The summed E-state index contributed by atoms with van der Waals surface area (Å²) in [5.74, 6) is 0. The molecule has 6 aromatic carbocycles. The van der Waals surface area contributed by atoms with Gasteiger partial charge in [-0.25, -0.2) is 0 Å². The lowest BCUT2D eigenvalue weighted by atomic mass is 10.0. The number of fused-ring (bicyclic) bond motifs is 6. The number of benzene rings is 6. The Labute approximate surface area is 258 Å². The quantitative estimate of drug-likeness (QED) is 0.196. The van der Waals surface area contributed by atoms with Crippen molar-refractivity contribution in [3.8, 4) is 11.4 Å². The molecule has 0 bridgehead atoms. The second-order valence-electron chi connectivity index (χ2n) is 12.2. The minimum Gasteiger partial charge on any atom is -0.309 e. The molecule has 44 heavy (non-hydrogen) atoms. The fourth-order valence-electron chi connectivity index (χ4n) is 6.85. The summed E-state index contributed by atoms with van der Waals surface area (Å²) in [6.45, 7) is 10.5. The molecule has 0 aliphatic heterocycles. The van der Waals surface area contributed by atoms with Gasteiger partial charge in [-0.3, -0.25) is 0 Å². The van der Waals surface area contributed by atoms with E-state index in [4.69, 9.17) is 0 Å². The van der Waals surface area contributed by atoms with E-state index in [1.54, 1.807) is 0 Å². The minimum atomic E-state index is 0.890. The maximum Gasteiger partial charge on any atom is 0.0541 e. The molecule has 2 nitrogen and oxygen atoms in total. The van der Waals surface area contributed by atoms with E-state index < -0.39 is 0 Å². The van der Waals surface area contributed by atoms with Crippen molar-refractivity contribution in [2.24, 2.45) is 0 Å². The maximum atomic E-state index is 3.98. The van der Waals surface area contributed by atoms with Crippen molar-refractivity contribution >= 4 is 49.7 Å². The Kier molecular flexibility index (Phi) is 6.06. The average molecular weight is 567 g/mol. The molecule has 2 heteroatoms. The van der Waals surface area contributed by atoms with Gasteiger partial charge in [0.1, 0.15) is 0 Å². The predicted molar refractivity (Wildman–Crippen MR) is 189 cm³/mol. The molecule has 0 unspecified atom stereocenters. The van der Waals surface area contributed by atoms with Gasteiger partial charge < -0.3 is 9.13 Å². The van der Waals surface area contributed by atoms with E-state index in [1.165, 1.54) is 82.8 Å². The fourth-order valence-corrected chi connectivity index (χ4v) is 6.85. The third-order valence-electron chi connectivity index (χ3n) is 9.05. The molecular formula is C42H34N2. The first-order chi connectivity index (χ1) is 21.5. The molecule has 0 amide bonds. The zero-order valence-corrected chi connectivity index (χ0v) is 25.4. The van der Waals surface area contributed by atoms with Crippen LogP contribution in [0.3, 0.4) is 0 Å². The zero-order chi connectivity index (χ0) is 29.9. The van der Waals surface area contributed by atoms with Crippen LogP contribution in [-0.2, 0) is 6.42 Å². The monoisotopic (exact) mass is 566 g/mol. The maximum absolute atomic E-state index is 3.98. The van der Waals surface area contributed by atoms with Crippen molar-refractivity contribution in [1.82, 2.24) is 9.13 Å². The molecule has 0 spiro atoms. The molecule has 8 aromatic rings. The van der Waals surface area contributed by atoms with Gasteiger partial charge in [0.15, 0.2) is 0 Å². The highest BCUT2D eigenvalue weighted by atomic mass is 15.0. The normalized spacial score (nSPS) is 11.7. The molecule has 0 N–H and O–H groups in total. The lowest BCUT2D eigenvalue weighted by molar-refractivity contribution is 1.13. The van der Waals surface area contributed by atoms with Crippen LogP contribution in [-0.4, -0.2) is 9.13 Å². The number of hydrogen-bond donors (Lipinski definition) is 0. The molecule has 2 heterocycles. The molecular weight excluding hydrogens is 532 g/mol. The van der Waals surface area contributed by atoms with Crippen molar-refractivity contribution in [3.05, 3.63) is 161 Å². The number of hydrogen-bond acceptors (Lipinski definition) is 0. The first-order valence-corrected chi connectivity index (χ1v) is 15.3. The first-order valence-electron chi connectivity index (χ1n) is 15.3. The van der Waals surface area contributed by atoms with Crippen LogP contribution in [0.5, 0.6) is 0 Å². The van der Waals surface area contributed by atoms with E-state index in [0.29, 0.717) is 0 Å². The summed E-state index contributed by atoms with van der Waals surface area (Å²) in [6, 6.07) is 45.0. The van der Waals surface area contributed by atoms with Gasteiger partial charge in [0.05, 0.1) is 22.1 Å². The standard InChI is InChI=1S/C42H34N2/c1-5-30-13-21-42-38(26-30)37-24-29(4)8-20-41(37)44(42)34-16-11-32(12-17-34)25-31-9-14-33(15-10-31)43-39-18-6-27(2)22-35(39)36-23-28(3)7-19-40(36)43/h5-24,26H,1,25H2,2-4H3. The van der Waals surface area contributed by atoms with Crippen LogP contribution in [0.2, 0.25) is 0 Å². The van der Waals surface area contributed by atoms with Crippen LogP contribution in [0.4, 0.5) is 0 Å². The van der Waals surface area contributed by atoms with Crippen molar-refractivity contribution in [1.29, 1.82) is 0 Å². The lowest BCUT2D eigenvalue weighted by Gasteiger charge is -2.11. The number of aryl methyl sites for hydroxylation is 3. The van der Waals surface area contributed by atoms with Crippen LogP contribution < -0.4 is 0 Å². The van der Waals surface area contributed by atoms with Gasteiger partial charge in [0, 0.05) is 32.9 Å². The first kappa shape index (κ1) is 26.3. The average Bonchev–Trinajstić information content (AvgIpc) is 3.53. The molecule has 0 atom stereocenters. The van der Waals surface area contributed by atoms with E-state index >= 15 is 0 Å². The smallest absolute Gasteiger partial charge is 0.0541 e. The van der Waals surface area contributed by atoms with Crippen molar-refractivity contribution in [3.63, 3.8) is 0 Å². The van der Waals surface area contributed by atoms with Crippen molar-refractivity contribution in [2.75, 3.05) is 0 Å². The van der Waals surface area contributed by atoms with E-state index in [1.807, 2.05) is 6.08 Å². The van der Waals surface area contributed by atoms with E-state index in [0.717, 1.165) is 12.0 Å². The summed E-state index contributed by atoms with van der Waals surface area (Å²) in [7, 11) is 0. The van der Waals surface area contributed by atoms with Crippen molar-refractivity contribution in [2.45, 2.75) is 27.2 Å². The Balaban J connectivity index is 1.12. The third-order valence-corrected chi connectivity index (χ3v) is 9.05. The topological polar surface area (TPSA) is 9.86 Å². The molecule has 0 saturated carbocycles. The minimum absolute atomic E-state index is 0.890. The van der Waals surface area contributed by atoms with Gasteiger partial charge in [-0.2, -0.15) is 0 Å². The Bertz CT molecular complexity index is 2320. The highest BCUT2D eigenvalue weighted by molar-refractivity contribution is 6.11. The number of nitrogens with zero attached hydrogens (tertiary/aromatic N) is 2. The Morgan fingerprint density at radius 1 is 0.455 bits per heavy atom. The van der Waals surface area contributed by atoms with Gasteiger partial charge >= 0.3 is 0 Å². The highest BCUT2D eigenvalue weighted by Gasteiger charge is 2.14. The van der Waals surface area contributed by atoms with E-state index in [9.17, 15) is 0 Å². The van der Waals surface area contributed by atoms with Crippen LogP contribution in [0, 0.1) is 20.8 Å². The Hall–Kier alpha value is -5.34. The van der Waals surface area contributed by atoms with Gasteiger partial charge in [-0.15, -0.1) is 0 Å². The van der Waals surface area contributed by atoms with E-state index in [-0.39, 0.29) is 0 Å². The van der Waals surface area contributed by atoms with Crippen LogP contribution in [0.1, 0.15) is 33.4 Å². The molecule has 0 radical (unpaired) electrons. The Morgan fingerprint density at radius 3 is 1.20 bits per heavy atom. The zero-order valence-electron chi connectivity index (χ0n) is 25.4. The number of rotatable bonds is 5. The summed E-state index contributed by atoms with van der Waals surface area (Å²) in [5, 5.41) is 5.17. The Morgan fingerprint density at radius 2 is 0.818 bits per heavy atom. The van der Waals surface area contributed by atoms with Gasteiger partial charge in [-0.1, -0.05) is 77.9 Å². The summed E-state index contributed by atoms with van der Waals surface area (Å²) in [6.07, 6.45) is 2.81. The fraction of sp³-hybridized carbons (Fsp3) is 0.0952. The molecule has 0 saturated heterocycles. The second-order valence-corrected chi connectivity index (χ2v) is 12.2. The van der Waals surface area contributed by atoms with Gasteiger partial charge in [-0.05, 0) is 117 Å². The summed E-state index contributed by atoms with van der Waals surface area (Å²) < 4.78 is 4.78. The van der Waals surface area contributed by atoms with E-state index in [2.05, 4.69) is 158 Å². The van der Waals surface area contributed by atoms with Gasteiger partial charge in [0.2, 0.25) is 0 Å². The van der Waals surface area contributed by atoms with Crippen molar-refractivity contribution < 1.29 is 0 Å². The molecule has 0 aliphatic carbocycles. The van der Waals surface area contributed by atoms with Crippen LogP contribution in [0.15, 0.2) is 128 Å². The summed E-state index contributed by atoms with van der Waals surface area (Å²) >= 11 is 0. The van der Waals surface area contributed by atoms with Crippen LogP contribution in [0.25, 0.3) is 61.1 Å². The predicted octanol–water partition coefficient (Wildman–Crippen LogP) is 11.0. The molecule has 212 valence electrons. The molecule has 0 fully saturated rings. The molecule has 8 rings (SSSR count). The summed E-state index contributed by atoms with van der Waals surface area (Å²) in [4.78, 5) is 0. The highest BCUT2D eigenvalue weighted by Crippen LogP contribution is 2.35. The molecule has 2 aromatic heterocycles. The second kappa shape index (κ2) is 10.1. The third kappa shape index (κ3) is 4.26. The van der Waals surface area contributed by atoms with Gasteiger partial charge in [0.25, 0.3) is 0 Å². The number of aromatic nitrogens is 2. The largest absolute Gasteiger partial charge is 0.309 e.